The van der Waals surface area contributed by atoms with Gasteiger partial charge in [-0.15, -0.1) is 12.4 Å². The van der Waals surface area contributed by atoms with Crippen LogP contribution in [0.1, 0.15) is 19.3 Å². The van der Waals surface area contributed by atoms with Gasteiger partial charge in [0.25, 0.3) is 0 Å². The molecule has 0 amide bonds. The lowest BCUT2D eigenvalue weighted by atomic mass is 10.2. The smallest absolute Gasteiger partial charge is 0.244 e. The number of hydrogen-bond acceptors (Lipinski definition) is 5. The van der Waals surface area contributed by atoms with E-state index in [2.05, 4.69) is 10.0 Å². The molecule has 0 aliphatic carbocycles. The molecule has 1 aliphatic heterocycles. The number of nitrogens with one attached hydrogen (secondary N) is 2. The molecule has 2 rings (SSSR count). The van der Waals surface area contributed by atoms with Crippen molar-refractivity contribution in [1.29, 1.82) is 0 Å². The maximum atomic E-state index is 12.4. The maximum absolute atomic E-state index is 12.4. The second kappa shape index (κ2) is 8.57. The van der Waals surface area contributed by atoms with Crippen molar-refractivity contribution in [3.8, 4) is 11.5 Å². The number of ether oxygens (including phenoxy) is 2. The van der Waals surface area contributed by atoms with Crippen LogP contribution in [0.5, 0.6) is 11.5 Å². The largest absolute Gasteiger partial charge is 0.497 e. The normalized spacial score (nSPS) is 17.8. The predicted octanol–water partition coefficient (Wildman–Crippen LogP) is 1.55. The van der Waals surface area contributed by atoms with Crippen LogP contribution in [0.2, 0.25) is 0 Å². The van der Waals surface area contributed by atoms with Gasteiger partial charge in [-0.2, -0.15) is 0 Å². The fourth-order valence-corrected chi connectivity index (χ4v) is 3.67. The Balaban J connectivity index is 0.00000242. The summed E-state index contributed by atoms with van der Waals surface area (Å²) in [5.74, 6) is 0.788. The Hall–Kier alpha value is -1.02. The lowest BCUT2D eigenvalue weighted by Crippen LogP contribution is -2.30. The average molecular weight is 351 g/mol. The highest BCUT2D eigenvalue weighted by molar-refractivity contribution is 7.89. The second-order valence-corrected chi connectivity index (χ2v) is 6.73. The molecule has 0 saturated carbocycles. The Morgan fingerprint density at radius 3 is 2.68 bits per heavy atom. The Labute approximate surface area is 138 Å². The fourth-order valence-electron chi connectivity index (χ4n) is 2.44. The summed E-state index contributed by atoms with van der Waals surface area (Å²) in [6.45, 7) is 1.42. The van der Waals surface area contributed by atoms with E-state index in [0.29, 0.717) is 24.1 Å². The molecule has 126 valence electrons. The molecule has 0 bridgehead atoms. The number of rotatable bonds is 7. The van der Waals surface area contributed by atoms with Gasteiger partial charge >= 0.3 is 0 Å². The zero-order chi connectivity index (χ0) is 15.3. The lowest BCUT2D eigenvalue weighted by Gasteiger charge is -2.14. The number of halogens is 1. The zero-order valence-electron chi connectivity index (χ0n) is 12.8. The van der Waals surface area contributed by atoms with Crippen molar-refractivity contribution < 1.29 is 17.9 Å². The van der Waals surface area contributed by atoms with Gasteiger partial charge in [0.05, 0.1) is 14.2 Å². The van der Waals surface area contributed by atoms with Crippen molar-refractivity contribution in [2.45, 2.75) is 30.2 Å². The first-order chi connectivity index (χ1) is 10.1. The van der Waals surface area contributed by atoms with Crippen molar-refractivity contribution in [2.75, 3.05) is 27.3 Å². The first kappa shape index (κ1) is 19.0. The van der Waals surface area contributed by atoms with Crippen molar-refractivity contribution in [3.05, 3.63) is 18.2 Å². The van der Waals surface area contributed by atoms with E-state index in [1.165, 1.54) is 20.3 Å². The summed E-state index contributed by atoms with van der Waals surface area (Å²) in [4.78, 5) is 0.101. The van der Waals surface area contributed by atoms with Gasteiger partial charge in [-0.1, -0.05) is 0 Å². The quantitative estimate of drug-likeness (QED) is 0.780. The third kappa shape index (κ3) is 4.74. The number of benzene rings is 1. The van der Waals surface area contributed by atoms with Crippen LogP contribution in [0.15, 0.2) is 23.1 Å². The van der Waals surface area contributed by atoms with Gasteiger partial charge < -0.3 is 14.8 Å². The van der Waals surface area contributed by atoms with E-state index in [1.54, 1.807) is 12.1 Å². The predicted molar refractivity (Wildman–Crippen MR) is 87.6 cm³/mol. The summed E-state index contributed by atoms with van der Waals surface area (Å²) in [6, 6.07) is 5.13. The molecule has 0 spiro atoms. The van der Waals surface area contributed by atoms with E-state index in [0.717, 1.165) is 25.8 Å². The Kier molecular flexibility index (Phi) is 7.41. The van der Waals surface area contributed by atoms with E-state index in [1.807, 2.05) is 0 Å². The monoisotopic (exact) mass is 350 g/mol. The third-order valence-corrected chi connectivity index (χ3v) is 5.09. The highest BCUT2D eigenvalue weighted by Gasteiger charge is 2.21. The van der Waals surface area contributed by atoms with Gasteiger partial charge in [0.2, 0.25) is 10.0 Å². The first-order valence-corrected chi connectivity index (χ1v) is 8.50. The van der Waals surface area contributed by atoms with E-state index < -0.39 is 10.0 Å². The minimum absolute atomic E-state index is 0. The Morgan fingerprint density at radius 2 is 2.09 bits per heavy atom. The third-order valence-electron chi connectivity index (χ3n) is 3.61. The van der Waals surface area contributed by atoms with Gasteiger partial charge in [-0.3, -0.25) is 0 Å². The van der Waals surface area contributed by atoms with Gasteiger partial charge in [0, 0.05) is 18.7 Å². The highest BCUT2D eigenvalue weighted by Crippen LogP contribution is 2.27. The zero-order valence-corrected chi connectivity index (χ0v) is 14.4. The molecule has 8 heteroatoms. The van der Waals surface area contributed by atoms with E-state index in [9.17, 15) is 8.42 Å². The SMILES string of the molecule is COc1ccc(OC)c(S(=O)(=O)NCC[C@H]2CCCN2)c1.Cl. The molecule has 1 aromatic rings. The maximum Gasteiger partial charge on any atom is 0.244 e. The summed E-state index contributed by atoms with van der Waals surface area (Å²) < 4.78 is 37.6. The lowest BCUT2D eigenvalue weighted by molar-refractivity contribution is 0.392. The molecule has 1 fully saturated rings. The minimum Gasteiger partial charge on any atom is -0.497 e. The summed E-state index contributed by atoms with van der Waals surface area (Å²) in [6.07, 6.45) is 3.04. The molecule has 1 atom stereocenters. The molecule has 1 saturated heterocycles. The first-order valence-electron chi connectivity index (χ1n) is 7.02. The fraction of sp³-hybridized carbons (Fsp3) is 0.571. The van der Waals surface area contributed by atoms with Crippen LogP contribution in [0.4, 0.5) is 0 Å². The minimum atomic E-state index is -3.61. The van der Waals surface area contributed by atoms with Crippen LogP contribution >= 0.6 is 12.4 Å². The van der Waals surface area contributed by atoms with Crippen LogP contribution in [-0.4, -0.2) is 41.8 Å². The van der Waals surface area contributed by atoms with Crippen molar-refractivity contribution >= 4 is 22.4 Å². The van der Waals surface area contributed by atoms with Crippen LogP contribution in [0, 0.1) is 0 Å². The summed E-state index contributed by atoms with van der Waals surface area (Å²) in [5.41, 5.74) is 0. The van der Waals surface area contributed by atoms with Crippen molar-refractivity contribution in [2.24, 2.45) is 0 Å². The van der Waals surface area contributed by atoms with Crippen LogP contribution in [-0.2, 0) is 10.0 Å². The van der Waals surface area contributed by atoms with Gasteiger partial charge in [0.15, 0.2) is 0 Å². The molecular weight excluding hydrogens is 328 g/mol. The topological polar surface area (TPSA) is 76.7 Å². The van der Waals surface area contributed by atoms with Gasteiger partial charge in [-0.25, -0.2) is 13.1 Å². The van der Waals surface area contributed by atoms with E-state index >= 15 is 0 Å². The van der Waals surface area contributed by atoms with E-state index in [4.69, 9.17) is 9.47 Å². The molecule has 6 nitrogen and oxygen atoms in total. The van der Waals surface area contributed by atoms with Crippen molar-refractivity contribution in [3.63, 3.8) is 0 Å². The number of hydrogen-bond donors (Lipinski definition) is 2. The van der Waals surface area contributed by atoms with Crippen molar-refractivity contribution in [1.82, 2.24) is 10.0 Å². The number of methoxy groups -OCH3 is 2. The van der Waals surface area contributed by atoms with Crippen LogP contribution in [0.25, 0.3) is 0 Å². The molecule has 1 aromatic carbocycles. The molecule has 22 heavy (non-hydrogen) atoms. The average Bonchev–Trinajstić information content (AvgIpc) is 2.99. The Bertz CT molecular complexity index is 574. The Morgan fingerprint density at radius 1 is 1.32 bits per heavy atom. The molecule has 0 radical (unpaired) electrons. The summed E-state index contributed by atoms with van der Waals surface area (Å²) >= 11 is 0. The highest BCUT2D eigenvalue weighted by atomic mass is 35.5. The summed E-state index contributed by atoms with van der Waals surface area (Å²) in [5, 5.41) is 3.34. The number of sulfonamides is 1. The molecular formula is C14H23ClN2O4S. The summed E-state index contributed by atoms with van der Waals surface area (Å²) in [7, 11) is -0.665. The van der Waals surface area contributed by atoms with Crippen LogP contribution in [0.3, 0.4) is 0 Å². The van der Waals surface area contributed by atoms with E-state index in [-0.39, 0.29) is 17.3 Å². The molecule has 1 heterocycles. The second-order valence-electron chi connectivity index (χ2n) is 5.00. The van der Waals surface area contributed by atoms with Gasteiger partial charge in [-0.05, 0) is 37.9 Å². The van der Waals surface area contributed by atoms with Gasteiger partial charge in [0.1, 0.15) is 16.4 Å². The molecule has 1 aliphatic rings. The molecule has 2 N–H and O–H groups in total. The van der Waals surface area contributed by atoms with Crippen LogP contribution < -0.4 is 19.5 Å². The molecule has 0 unspecified atom stereocenters. The standard InChI is InChI=1S/C14H22N2O4S.ClH/c1-19-12-5-6-13(20-2)14(10-12)21(17,18)16-9-7-11-4-3-8-15-11;/h5-6,10-11,15-16H,3-4,7-9H2,1-2H3;1H/t11-;/m1./s1. The molecule has 0 aromatic heterocycles.